The van der Waals surface area contributed by atoms with E-state index in [1.807, 2.05) is 21.1 Å². The lowest BCUT2D eigenvalue weighted by molar-refractivity contribution is -0.870. The van der Waals surface area contributed by atoms with Crippen LogP contribution in [0.1, 0.15) is 176 Å². The second-order valence-corrected chi connectivity index (χ2v) is 18.7. The standard InChI is InChI=1S/C46H80NO10P/c1-8-10-21-27-41-35-39(4)44(56-41)29-23-18-15-16-20-25-31-46(49)57-42(37-54-58(50,51)53-33-32-47(5,6)7)36-52-45(48)30-24-19-14-12-11-13-17-22-28-43-38(3)34-40(55-43)26-9-2/h34-35,42H,8-33,36-37H2,1-7H3/p+1. The maximum Gasteiger partial charge on any atom is 0.472 e. The van der Waals surface area contributed by atoms with Crippen molar-refractivity contribution in [2.75, 3.05) is 47.5 Å². The number of ether oxygens (including phenoxy) is 2. The summed E-state index contributed by atoms with van der Waals surface area (Å²) in [6, 6.07) is 4.37. The smallest absolute Gasteiger partial charge is 0.466 e. The molecule has 334 valence electrons. The van der Waals surface area contributed by atoms with Crippen LogP contribution in [0.2, 0.25) is 0 Å². The molecule has 0 saturated heterocycles. The van der Waals surface area contributed by atoms with Crippen molar-refractivity contribution in [3.63, 3.8) is 0 Å². The first kappa shape index (κ1) is 51.7. The number of phosphoric ester groups is 1. The van der Waals surface area contributed by atoms with Crippen LogP contribution in [-0.4, -0.2) is 74.9 Å². The van der Waals surface area contributed by atoms with Gasteiger partial charge in [0.2, 0.25) is 0 Å². The third kappa shape index (κ3) is 25.3. The van der Waals surface area contributed by atoms with Crippen molar-refractivity contribution in [2.24, 2.45) is 0 Å². The molecule has 0 aliphatic rings. The summed E-state index contributed by atoms with van der Waals surface area (Å²) in [5.74, 6) is 3.60. The van der Waals surface area contributed by atoms with E-state index in [0.717, 1.165) is 113 Å². The number of nitrogens with zero attached hydrogens (tertiary/aromatic N) is 1. The number of phosphoric acid groups is 1. The van der Waals surface area contributed by atoms with Crippen LogP contribution in [0.3, 0.4) is 0 Å². The highest BCUT2D eigenvalue weighted by Crippen LogP contribution is 2.43. The predicted molar refractivity (Wildman–Crippen MR) is 231 cm³/mol. The highest BCUT2D eigenvalue weighted by molar-refractivity contribution is 7.47. The van der Waals surface area contributed by atoms with E-state index in [-0.39, 0.29) is 26.1 Å². The van der Waals surface area contributed by atoms with Gasteiger partial charge in [-0.15, -0.1) is 0 Å². The minimum atomic E-state index is -4.40. The minimum Gasteiger partial charge on any atom is -0.466 e. The van der Waals surface area contributed by atoms with Crippen molar-refractivity contribution in [1.82, 2.24) is 0 Å². The summed E-state index contributed by atoms with van der Waals surface area (Å²) in [5, 5.41) is 0. The van der Waals surface area contributed by atoms with Crippen LogP contribution in [0.5, 0.6) is 0 Å². The largest absolute Gasteiger partial charge is 0.472 e. The van der Waals surface area contributed by atoms with Gasteiger partial charge in [0.05, 0.1) is 27.7 Å². The molecule has 0 saturated carbocycles. The number of rotatable bonds is 36. The van der Waals surface area contributed by atoms with Gasteiger partial charge in [0.1, 0.15) is 42.8 Å². The molecule has 0 bridgehead atoms. The van der Waals surface area contributed by atoms with Gasteiger partial charge in [-0.25, -0.2) is 4.57 Å². The normalized spacial score (nSPS) is 13.4. The van der Waals surface area contributed by atoms with Gasteiger partial charge in [-0.2, -0.15) is 0 Å². The number of hydrogen-bond acceptors (Lipinski definition) is 9. The molecule has 0 fully saturated rings. The Kier molecular flexibility index (Phi) is 26.5. The molecular weight excluding hydrogens is 757 g/mol. The molecule has 2 aromatic rings. The number of carbonyl (C=O) groups is 2. The van der Waals surface area contributed by atoms with Crippen LogP contribution < -0.4 is 0 Å². The summed E-state index contributed by atoms with van der Waals surface area (Å²) in [4.78, 5) is 35.6. The summed E-state index contributed by atoms with van der Waals surface area (Å²) in [5.41, 5.74) is 2.52. The fourth-order valence-electron chi connectivity index (χ4n) is 6.86. The quantitative estimate of drug-likeness (QED) is 0.0306. The average Bonchev–Trinajstić information content (AvgIpc) is 3.70. The first-order chi connectivity index (χ1) is 27.7. The summed E-state index contributed by atoms with van der Waals surface area (Å²) in [7, 11) is 1.43. The number of carbonyl (C=O) groups excluding carboxylic acids is 2. The van der Waals surface area contributed by atoms with E-state index >= 15 is 0 Å². The maximum atomic E-state index is 12.8. The Morgan fingerprint density at radius 3 is 1.64 bits per heavy atom. The molecule has 0 aromatic carbocycles. The molecule has 2 rings (SSSR count). The Morgan fingerprint density at radius 1 is 0.638 bits per heavy atom. The van der Waals surface area contributed by atoms with Gasteiger partial charge in [0, 0.05) is 38.5 Å². The average molecular weight is 839 g/mol. The summed E-state index contributed by atoms with van der Waals surface area (Å²) < 4.78 is 46.5. The summed E-state index contributed by atoms with van der Waals surface area (Å²) in [6.45, 7) is 8.49. The number of quaternary nitrogens is 1. The molecule has 2 heterocycles. The van der Waals surface area contributed by atoms with Gasteiger partial charge in [0.15, 0.2) is 6.10 Å². The SMILES string of the molecule is CCCCCc1cc(C)c(CCCCCCCCC(=O)OC(COC(=O)CCCCCCCCCCc2oc(CCC)cc2C)COP(=O)(O)OCC[N+](C)(C)C)o1. The number of furan rings is 2. The van der Waals surface area contributed by atoms with E-state index in [2.05, 4.69) is 39.8 Å². The zero-order valence-electron chi connectivity index (χ0n) is 37.5. The fourth-order valence-corrected chi connectivity index (χ4v) is 7.60. The van der Waals surface area contributed by atoms with Gasteiger partial charge in [-0.3, -0.25) is 18.6 Å². The van der Waals surface area contributed by atoms with Crippen molar-refractivity contribution < 1.29 is 50.9 Å². The molecule has 11 nitrogen and oxygen atoms in total. The summed E-state index contributed by atoms with van der Waals surface area (Å²) in [6.07, 6.45) is 22.5. The number of unbranched alkanes of at least 4 members (excludes halogenated alkanes) is 14. The van der Waals surface area contributed by atoms with Gasteiger partial charge >= 0.3 is 19.8 Å². The van der Waals surface area contributed by atoms with Crippen LogP contribution in [0.15, 0.2) is 21.0 Å². The van der Waals surface area contributed by atoms with Crippen molar-refractivity contribution in [3.05, 3.63) is 46.3 Å². The second-order valence-electron chi connectivity index (χ2n) is 17.2. The third-order valence-corrected chi connectivity index (χ3v) is 11.4. The molecule has 0 aliphatic carbocycles. The van der Waals surface area contributed by atoms with E-state index in [4.69, 9.17) is 27.4 Å². The highest BCUT2D eigenvalue weighted by Gasteiger charge is 2.27. The van der Waals surface area contributed by atoms with E-state index < -0.39 is 32.5 Å². The van der Waals surface area contributed by atoms with E-state index in [0.29, 0.717) is 23.9 Å². The van der Waals surface area contributed by atoms with Crippen LogP contribution in [0.4, 0.5) is 0 Å². The van der Waals surface area contributed by atoms with E-state index in [1.54, 1.807) is 0 Å². The lowest BCUT2D eigenvalue weighted by Gasteiger charge is -2.24. The Labute approximate surface area is 351 Å². The lowest BCUT2D eigenvalue weighted by atomic mass is 10.1. The fraction of sp³-hybridized carbons (Fsp3) is 0.783. The van der Waals surface area contributed by atoms with Crippen LogP contribution in [0, 0.1) is 13.8 Å². The molecule has 0 aliphatic heterocycles. The number of likely N-dealkylation sites (N-methyl/N-ethyl adjacent to an activating group) is 1. The van der Waals surface area contributed by atoms with Gasteiger partial charge < -0.3 is 27.7 Å². The number of aryl methyl sites for hydroxylation is 6. The Morgan fingerprint density at radius 2 is 1.12 bits per heavy atom. The zero-order valence-corrected chi connectivity index (χ0v) is 38.4. The predicted octanol–water partition coefficient (Wildman–Crippen LogP) is 11.5. The molecule has 0 amide bonds. The van der Waals surface area contributed by atoms with Crippen molar-refractivity contribution >= 4 is 19.8 Å². The first-order valence-corrected chi connectivity index (χ1v) is 24.1. The topological polar surface area (TPSA) is 135 Å². The molecule has 2 atom stereocenters. The molecule has 2 aromatic heterocycles. The minimum absolute atomic E-state index is 0.0185. The number of hydrogen-bond donors (Lipinski definition) is 1. The van der Waals surface area contributed by atoms with E-state index in [9.17, 15) is 19.0 Å². The highest BCUT2D eigenvalue weighted by atomic mass is 31.2. The Hall–Kier alpha value is -2.43. The van der Waals surface area contributed by atoms with Crippen LogP contribution >= 0.6 is 7.82 Å². The molecule has 0 spiro atoms. The van der Waals surface area contributed by atoms with Crippen LogP contribution in [-0.2, 0) is 58.4 Å². The van der Waals surface area contributed by atoms with Crippen molar-refractivity contribution in [3.8, 4) is 0 Å². The van der Waals surface area contributed by atoms with Crippen LogP contribution in [0.25, 0.3) is 0 Å². The van der Waals surface area contributed by atoms with Gasteiger partial charge in [0.25, 0.3) is 0 Å². The zero-order chi connectivity index (χ0) is 42.7. The molecule has 2 unspecified atom stereocenters. The van der Waals surface area contributed by atoms with E-state index in [1.165, 1.54) is 49.7 Å². The molecular formula is C46H81NO10P+. The van der Waals surface area contributed by atoms with Crippen molar-refractivity contribution in [1.29, 1.82) is 0 Å². The first-order valence-electron chi connectivity index (χ1n) is 22.6. The van der Waals surface area contributed by atoms with Gasteiger partial charge in [-0.1, -0.05) is 90.9 Å². The number of esters is 2. The molecule has 12 heteroatoms. The summed E-state index contributed by atoms with van der Waals surface area (Å²) >= 11 is 0. The maximum absolute atomic E-state index is 12.8. The molecule has 1 N–H and O–H groups in total. The van der Waals surface area contributed by atoms with Crippen molar-refractivity contribution in [2.45, 2.75) is 188 Å². The lowest BCUT2D eigenvalue weighted by Crippen LogP contribution is -2.37. The molecule has 0 radical (unpaired) electrons. The third-order valence-electron chi connectivity index (χ3n) is 10.4. The van der Waals surface area contributed by atoms with Gasteiger partial charge in [-0.05, 0) is 75.6 Å². The monoisotopic (exact) mass is 839 g/mol. The Bertz CT molecular complexity index is 1440. The second kappa shape index (κ2) is 29.7. The Balaban J connectivity index is 1.65. The molecule has 58 heavy (non-hydrogen) atoms.